The van der Waals surface area contributed by atoms with Crippen LogP contribution in [0, 0.1) is 5.82 Å². The summed E-state index contributed by atoms with van der Waals surface area (Å²) in [5, 5.41) is 1.25. The molecule has 2 aromatic carbocycles. The molecule has 204 valence electrons. The molecule has 3 N–H and O–H groups in total. The van der Waals surface area contributed by atoms with Gasteiger partial charge in [-0.2, -0.15) is 0 Å². The van der Waals surface area contributed by atoms with Gasteiger partial charge in [0.2, 0.25) is 0 Å². The molecule has 1 amide bonds. The number of anilines is 1. The summed E-state index contributed by atoms with van der Waals surface area (Å²) in [6, 6.07) is 10.5. The molecule has 0 spiro atoms. The number of benzene rings is 2. The molecule has 0 saturated carbocycles. The Kier molecular flexibility index (Phi) is 7.11. The zero-order chi connectivity index (χ0) is 28.1. The first-order valence-electron chi connectivity index (χ1n) is 12.6. The first kappa shape index (κ1) is 27.1. The lowest BCUT2D eigenvalue weighted by molar-refractivity contribution is 0.0224. The molecule has 0 bridgehead atoms. The molecule has 3 heterocycles. The van der Waals surface area contributed by atoms with Crippen LogP contribution >= 0.6 is 23.2 Å². The summed E-state index contributed by atoms with van der Waals surface area (Å²) in [5.41, 5.74) is 10.7. The van der Waals surface area contributed by atoms with Crippen LogP contribution in [-0.2, 0) is 17.7 Å². The monoisotopic (exact) mass is 570 g/mol. The molecule has 0 unspecified atom stereocenters. The number of pyridine rings is 1. The number of fused-ring (bicyclic) bond motifs is 3. The fourth-order valence-electron chi connectivity index (χ4n) is 4.76. The van der Waals surface area contributed by atoms with Crippen molar-refractivity contribution in [1.82, 2.24) is 14.9 Å². The maximum absolute atomic E-state index is 14.1. The van der Waals surface area contributed by atoms with Gasteiger partial charge >= 0.3 is 6.09 Å². The SMILES string of the molecule is C[C@@H](Oc1cc(-c2ccc3c4c([nH]c3c2)CCN(C(=O)OC(C)(C)C)C4)cnc1N)c1c(Cl)ccc(F)c1Cl. The Hall–Kier alpha value is -3.49. The van der Waals surface area contributed by atoms with E-state index in [-0.39, 0.29) is 16.9 Å². The molecule has 2 aromatic heterocycles. The Balaban J connectivity index is 1.41. The van der Waals surface area contributed by atoms with Crippen molar-refractivity contribution in [2.45, 2.75) is 52.4 Å². The van der Waals surface area contributed by atoms with E-state index in [2.05, 4.69) is 9.97 Å². The Bertz CT molecular complexity index is 1580. The summed E-state index contributed by atoms with van der Waals surface area (Å²) in [6.45, 7) is 8.37. The highest BCUT2D eigenvalue weighted by Gasteiger charge is 2.28. The number of H-pyrrole nitrogens is 1. The van der Waals surface area contributed by atoms with Crippen LogP contribution in [0.1, 0.15) is 50.6 Å². The van der Waals surface area contributed by atoms with E-state index in [4.69, 9.17) is 38.4 Å². The Labute approximate surface area is 236 Å². The smallest absolute Gasteiger partial charge is 0.410 e. The van der Waals surface area contributed by atoms with Crippen LogP contribution in [0.3, 0.4) is 0 Å². The first-order chi connectivity index (χ1) is 18.4. The second-order valence-electron chi connectivity index (χ2n) is 10.6. The predicted octanol–water partition coefficient (Wildman–Crippen LogP) is 7.69. The molecule has 1 aliphatic heterocycles. The van der Waals surface area contributed by atoms with Crippen LogP contribution in [0.2, 0.25) is 10.0 Å². The first-order valence-corrected chi connectivity index (χ1v) is 13.3. The molecular formula is C29H29Cl2FN4O3. The van der Waals surface area contributed by atoms with Gasteiger partial charge in [-0.3, -0.25) is 0 Å². The number of nitrogens with zero attached hydrogens (tertiary/aromatic N) is 2. The number of aromatic amines is 1. The van der Waals surface area contributed by atoms with Gasteiger partial charge in [0.05, 0.1) is 11.6 Å². The van der Waals surface area contributed by atoms with E-state index in [1.165, 1.54) is 12.1 Å². The molecule has 1 atom stereocenters. The zero-order valence-corrected chi connectivity index (χ0v) is 23.6. The van der Waals surface area contributed by atoms with Crippen molar-refractivity contribution in [2.24, 2.45) is 0 Å². The summed E-state index contributed by atoms with van der Waals surface area (Å²) < 4.78 is 25.7. The van der Waals surface area contributed by atoms with Crippen LogP contribution in [-0.4, -0.2) is 33.1 Å². The van der Waals surface area contributed by atoms with Crippen LogP contribution in [0.25, 0.3) is 22.0 Å². The van der Waals surface area contributed by atoms with Crippen LogP contribution in [0.5, 0.6) is 5.75 Å². The number of amides is 1. The van der Waals surface area contributed by atoms with Crippen LogP contribution < -0.4 is 10.5 Å². The van der Waals surface area contributed by atoms with Gasteiger partial charge < -0.3 is 25.1 Å². The van der Waals surface area contributed by atoms with E-state index in [0.29, 0.717) is 35.8 Å². The predicted molar refractivity (Wildman–Crippen MR) is 152 cm³/mol. The van der Waals surface area contributed by atoms with Gasteiger partial charge in [-0.05, 0) is 57.5 Å². The summed E-state index contributed by atoms with van der Waals surface area (Å²) in [7, 11) is 0. The number of hydrogen-bond acceptors (Lipinski definition) is 5. The Morgan fingerprint density at radius 2 is 1.95 bits per heavy atom. The third kappa shape index (κ3) is 5.49. The molecule has 39 heavy (non-hydrogen) atoms. The Morgan fingerprint density at radius 3 is 2.69 bits per heavy atom. The fraction of sp³-hybridized carbons (Fsp3) is 0.310. The second-order valence-corrected chi connectivity index (χ2v) is 11.4. The number of nitrogens with one attached hydrogen (secondary N) is 1. The number of halogens is 3. The molecule has 0 aliphatic carbocycles. The Morgan fingerprint density at radius 1 is 1.18 bits per heavy atom. The second kappa shape index (κ2) is 10.2. The quantitative estimate of drug-likeness (QED) is 0.245. The van der Waals surface area contributed by atoms with Crippen molar-refractivity contribution >= 4 is 46.0 Å². The topological polar surface area (TPSA) is 93.5 Å². The van der Waals surface area contributed by atoms with Gasteiger partial charge in [0, 0.05) is 57.5 Å². The van der Waals surface area contributed by atoms with Crippen molar-refractivity contribution < 1.29 is 18.7 Å². The van der Waals surface area contributed by atoms with E-state index in [1.807, 2.05) is 39.0 Å². The highest BCUT2D eigenvalue weighted by Crippen LogP contribution is 2.38. The molecule has 7 nitrogen and oxygen atoms in total. The number of aromatic nitrogens is 2. The molecule has 0 radical (unpaired) electrons. The molecule has 0 fully saturated rings. The van der Waals surface area contributed by atoms with Gasteiger partial charge in [-0.15, -0.1) is 0 Å². The van der Waals surface area contributed by atoms with E-state index in [9.17, 15) is 9.18 Å². The number of hydrogen-bond donors (Lipinski definition) is 2. The van der Waals surface area contributed by atoms with E-state index < -0.39 is 17.5 Å². The summed E-state index contributed by atoms with van der Waals surface area (Å²) in [4.78, 5) is 22.2. The minimum Gasteiger partial charge on any atom is -0.482 e. The largest absolute Gasteiger partial charge is 0.482 e. The normalized spacial score (nSPS) is 14.3. The third-order valence-electron chi connectivity index (χ3n) is 6.63. The van der Waals surface area contributed by atoms with Crippen LogP contribution in [0.4, 0.5) is 15.0 Å². The number of nitrogen functional groups attached to an aromatic ring is 1. The van der Waals surface area contributed by atoms with Crippen molar-refractivity contribution in [3.8, 4) is 16.9 Å². The molecule has 0 saturated heterocycles. The minimum absolute atomic E-state index is 0.0934. The lowest BCUT2D eigenvalue weighted by Gasteiger charge is -2.30. The van der Waals surface area contributed by atoms with Gasteiger partial charge in [0.25, 0.3) is 0 Å². The highest BCUT2D eigenvalue weighted by molar-refractivity contribution is 6.36. The average molecular weight is 571 g/mol. The fourth-order valence-corrected chi connectivity index (χ4v) is 5.43. The number of carbonyl (C=O) groups excluding carboxylic acids is 1. The summed E-state index contributed by atoms with van der Waals surface area (Å²) >= 11 is 12.4. The number of ether oxygens (including phenoxy) is 2. The van der Waals surface area contributed by atoms with Gasteiger partial charge in [0.15, 0.2) is 11.6 Å². The average Bonchev–Trinajstić information content (AvgIpc) is 3.24. The maximum atomic E-state index is 14.1. The number of rotatable bonds is 4. The summed E-state index contributed by atoms with van der Waals surface area (Å²) in [5.74, 6) is -0.0642. The van der Waals surface area contributed by atoms with Gasteiger partial charge in [-0.25, -0.2) is 14.2 Å². The van der Waals surface area contributed by atoms with E-state index in [1.54, 1.807) is 24.1 Å². The molecule has 10 heteroatoms. The molecule has 4 aromatic rings. The van der Waals surface area contributed by atoms with E-state index >= 15 is 0 Å². The number of carbonyl (C=O) groups is 1. The maximum Gasteiger partial charge on any atom is 0.410 e. The molecule has 1 aliphatic rings. The zero-order valence-electron chi connectivity index (χ0n) is 22.1. The van der Waals surface area contributed by atoms with Crippen molar-refractivity contribution in [3.05, 3.63) is 75.3 Å². The third-order valence-corrected chi connectivity index (χ3v) is 7.35. The summed E-state index contributed by atoms with van der Waals surface area (Å²) in [6.07, 6.45) is 1.40. The number of nitrogens with two attached hydrogens (primary N) is 1. The molecular weight excluding hydrogens is 542 g/mol. The van der Waals surface area contributed by atoms with Crippen LogP contribution in [0.15, 0.2) is 42.6 Å². The highest BCUT2D eigenvalue weighted by atomic mass is 35.5. The standard InChI is InChI=1S/C29H29Cl2FN4O3/c1-15(25-20(30)7-8-21(32)26(25)31)38-24-12-17(13-34-27(24)33)16-5-6-18-19-14-36(28(37)39-29(2,3)4)10-9-22(19)35-23(18)11-16/h5-8,11-13,15,35H,9-10,14H2,1-4H3,(H2,33,34)/t15-/m1/s1. The minimum atomic E-state index is -0.675. The van der Waals surface area contributed by atoms with Crippen molar-refractivity contribution in [1.29, 1.82) is 0 Å². The molecule has 5 rings (SSSR count). The van der Waals surface area contributed by atoms with Gasteiger partial charge in [0.1, 0.15) is 17.5 Å². The van der Waals surface area contributed by atoms with Crippen molar-refractivity contribution in [2.75, 3.05) is 12.3 Å². The lowest BCUT2D eigenvalue weighted by Crippen LogP contribution is -2.39. The van der Waals surface area contributed by atoms with E-state index in [0.717, 1.165) is 33.3 Å². The van der Waals surface area contributed by atoms with Crippen molar-refractivity contribution in [3.63, 3.8) is 0 Å². The lowest BCUT2D eigenvalue weighted by atomic mass is 10.0. The van der Waals surface area contributed by atoms with Gasteiger partial charge in [-0.1, -0.05) is 35.3 Å².